The van der Waals surface area contributed by atoms with Gasteiger partial charge in [0.15, 0.2) is 11.5 Å². The number of halogens is 3. The zero-order valence-electron chi connectivity index (χ0n) is 20.7. The summed E-state index contributed by atoms with van der Waals surface area (Å²) >= 11 is 1.07. The van der Waals surface area contributed by atoms with Crippen LogP contribution in [0.1, 0.15) is 36.9 Å². The highest BCUT2D eigenvalue weighted by Crippen LogP contribution is 2.51. The van der Waals surface area contributed by atoms with Crippen molar-refractivity contribution in [3.8, 4) is 0 Å². The molecule has 11 heteroatoms. The summed E-state index contributed by atoms with van der Waals surface area (Å²) in [7, 11) is 0. The predicted octanol–water partition coefficient (Wildman–Crippen LogP) is 4.97. The third-order valence-corrected chi connectivity index (χ3v) is 9.34. The molecule has 2 atom stereocenters. The molecule has 2 aliphatic heterocycles. The second-order valence-corrected chi connectivity index (χ2v) is 11.6. The molecule has 1 saturated heterocycles. The van der Waals surface area contributed by atoms with E-state index in [1.54, 1.807) is 25.3 Å². The Kier molecular flexibility index (Phi) is 5.22. The van der Waals surface area contributed by atoms with Gasteiger partial charge in [-0.3, -0.25) is 9.38 Å². The average molecular weight is 538 g/mol. The van der Waals surface area contributed by atoms with Crippen molar-refractivity contribution < 1.29 is 13.2 Å². The lowest BCUT2D eigenvalue weighted by Gasteiger charge is -2.42. The van der Waals surface area contributed by atoms with Crippen LogP contribution in [0.15, 0.2) is 64.4 Å². The molecule has 4 aromatic rings. The van der Waals surface area contributed by atoms with Crippen LogP contribution in [-0.2, 0) is 6.42 Å². The van der Waals surface area contributed by atoms with Gasteiger partial charge in [-0.2, -0.15) is 13.2 Å². The van der Waals surface area contributed by atoms with E-state index in [0.717, 1.165) is 66.7 Å². The van der Waals surface area contributed by atoms with Gasteiger partial charge in [-0.25, -0.2) is 9.97 Å². The first-order valence-electron chi connectivity index (χ1n) is 12.7. The number of pyridine rings is 2. The number of nitrogens with one attached hydrogen (secondary N) is 1. The van der Waals surface area contributed by atoms with Crippen molar-refractivity contribution in [3.63, 3.8) is 0 Å². The Bertz CT molecular complexity index is 1600. The fourth-order valence-corrected chi connectivity index (χ4v) is 7.25. The molecule has 1 fully saturated rings. The van der Waals surface area contributed by atoms with Crippen molar-refractivity contribution in [1.29, 1.82) is 0 Å². The molecule has 0 amide bonds. The number of rotatable bonds is 3. The Morgan fingerprint density at radius 1 is 1.16 bits per heavy atom. The lowest BCUT2D eigenvalue weighted by Crippen LogP contribution is -2.44. The first kappa shape index (κ1) is 23.8. The van der Waals surface area contributed by atoms with E-state index in [2.05, 4.69) is 26.3 Å². The number of dihydropyridines is 1. The van der Waals surface area contributed by atoms with E-state index in [9.17, 15) is 13.2 Å². The van der Waals surface area contributed by atoms with Gasteiger partial charge in [0.1, 0.15) is 16.9 Å². The van der Waals surface area contributed by atoms with E-state index in [0.29, 0.717) is 10.5 Å². The van der Waals surface area contributed by atoms with Gasteiger partial charge in [-0.05, 0) is 67.0 Å². The topological polar surface area (TPSA) is 84.4 Å². The first-order chi connectivity index (χ1) is 18.2. The van der Waals surface area contributed by atoms with Crippen molar-refractivity contribution in [2.24, 2.45) is 11.1 Å². The number of nitrogens with zero attached hydrogens (tertiary/aromatic N) is 5. The number of fused-ring (bicyclic) bond motifs is 1. The molecule has 0 radical (unpaired) electrons. The number of thioether (sulfide) groups is 1. The summed E-state index contributed by atoms with van der Waals surface area (Å²) in [6.07, 6.45) is 7.20. The zero-order chi connectivity index (χ0) is 26.2. The van der Waals surface area contributed by atoms with Crippen LogP contribution in [0.3, 0.4) is 0 Å². The maximum atomic E-state index is 13.7. The normalized spacial score (nSPS) is 23.1. The Morgan fingerprint density at radius 2 is 1.97 bits per heavy atom. The van der Waals surface area contributed by atoms with Crippen LogP contribution in [0.25, 0.3) is 16.8 Å². The smallest absolute Gasteiger partial charge is 0.374 e. The standard InChI is InChI=1S/C27H26F3N7S/c1-15-2-3-19(23(34-15)27(28,29)30)38-20-4-5-21-35-24(18-14-33-25(20)37(18)21)36-10-7-26(8-11-36)12-16-6-9-32-13-17(16)22(26)31/h2-6,9,13-15,22,34H,7-8,10-12,31H2,1H3/t15?,22-/m1/s1. The molecule has 3 aliphatic rings. The highest BCUT2D eigenvalue weighted by Gasteiger charge is 2.46. The number of anilines is 1. The lowest BCUT2D eigenvalue weighted by atomic mass is 9.73. The number of hydrogen-bond acceptors (Lipinski definition) is 7. The van der Waals surface area contributed by atoms with Crippen LogP contribution in [0.4, 0.5) is 19.0 Å². The van der Waals surface area contributed by atoms with Crippen molar-refractivity contribution >= 4 is 34.4 Å². The summed E-state index contributed by atoms with van der Waals surface area (Å²) in [6.45, 7) is 3.35. The van der Waals surface area contributed by atoms with E-state index in [1.807, 2.05) is 22.9 Å². The average Bonchev–Trinajstić information content (AvgIpc) is 3.57. The number of piperidine rings is 1. The Balaban J connectivity index is 1.17. The Hall–Kier alpha value is -3.31. The summed E-state index contributed by atoms with van der Waals surface area (Å²) in [5.74, 6) is 0.860. The quantitative estimate of drug-likeness (QED) is 0.382. The van der Waals surface area contributed by atoms with Gasteiger partial charge >= 0.3 is 6.18 Å². The van der Waals surface area contributed by atoms with Gasteiger partial charge in [0.25, 0.3) is 0 Å². The maximum Gasteiger partial charge on any atom is 0.432 e. The van der Waals surface area contributed by atoms with E-state index in [4.69, 9.17) is 10.7 Å². The molecule has 1 aliphatic carbocycles. The molecule has 4 aromatic heterocycles. The van der Waals surface area contributed by atoms with Crippen LogP contribution in [0, 0.1) is 5.41 Å². The fraction of sp³-hybridized carbons (Fsp3) is 0.370. The Morgan fingerprint density at radius 3 is 2.74 bits per heavy atom. The van der Waals surface area contributed by atoms with Crippen LogP contribution in [0.5, 0.6) is 0 Å². The van der Waals surface area contributed by atoms with Gasteiger partial charge in [0, 0.05) is 42.5 Å². The highest BCUT2D eigenvalue weighted by atomic mass is 32.2. The van der Waals surface area contributed by atoms with Gasteiger partial charge in [-0.1, -0.05) is 17.8 Å². The molecule has 38 heavy (non-hydrogen) atoms. The number of alkyl halides is 3. The molecule has 6 heterocycles. The molecule has 7 rings (SSSR count). The van der Waals surface area contributed by atoms with Crippen molar-refractivity contribution in [3.05, 3.63) is 70.7 Å². The first-order valence-corrected chi connectivity index (χ1v) is 13.5. The van der Waals surface area contributed by atoms with E-state index >= 15 is 0 Å². The number of allylic oxidation sites excluding steroid dienone is 2. The number of aromatic nitrogens is 4. The van der Waals surface area contributed by atoms with E-state index < -0.39 is 11.9 Å². The summed E-state index contributed by atoms with van der Waals surface area (Å²) in [5, 5.41) is 2.56. The monoisotopic (exact) mass is 537 g/mol. The molecule has 1 unspecified atom stereocenters. The molecule has 7 nitrogen and oxygen atoms in total. The van der Waals surface area contributed by atoms with Crippen molar-refractivity contribution in [2.45, 2.75) is 49.3 Å². The summed E-state index contributed by atoms with van der Waals surface area (Å²) in [5.41, 5.74) is 10.7. The predicted molar refractivity (Wildman–Crippen MR) is 141 cm³/mol. The Labute approximate surface area is 221 Å². The second-order valence-electron chi connectivity index (χ2n) is 10.5. The van der Waals surface area contributed by atoms with Crippen LogP contribution in [0.2, 0.25) is 0 Å². The lowest BCUT2D eigenvalue weighted by molar-refractivity contribution is -0.0976. The number of imidazole rings is 2. The minimum atomic E-state index is -4.46. The summed E-state index contributed by atoms with van der Waals surface area (Å²) < 4.78 is 43.1. The second kappa shape index (κ2) is 8.34. The summed E-state index contributed by atoms with van der Waals surface area (Å²) in [6, 6.07) is 5.34. The largest absolute Gasteiger partial charge is 0.432 e. The third-order valence-electron chi connectivity index (χ3n) is 8.24. The van der Waals surface area contributed by atoms with Crippen molar-refractivity contribution in [2.75, 3.05) is 18.0 Å². The van der Waals surface area contributed by atoms with Crippen LogP contribution < -0.4 is 16.0 Å². The molecule has 196 valence electrons. The third kappa shape index (κ3) is 3.59. The van der Waals surface area contributed by atoms with Crippen LogP contribution >= 0.6 is 11.8 Å². The zero-order valence-corrected chi connectivity index (χ0v) is 21.5. The number of hydrogen-bond donors (Lipinski definition) is 2. The minimum absolute atomic E-state index is 0.0143. The van der Waals surface area contributed by atoms with E-state index in [1.165, 1.54) is 11.6 Å². The van der Waals surface area contributed by atoms with E-state index in [-0.39, 0.29) is 22.4 Å². The van der Waals surface area contributed by atoms with Gasteiger partial charge in [0.2, 0.25) is 0 Å². The van der Waals surface area contributed by atoms with Crippen molar-refractivity contribution in [1.82, 2.24) is 24.7 Å². The van der Waals surface area contributed by atoms with Gasteiger partial charge in [0.05, 0.1) is 11.1 Å². The molecular formula is C27H26F3N7S. The molecule has 0 bridgehead atoms. The van der Waals surface area contributed by atoms with Gasteiger partial charge < -0.3 is 16.0 Å². The maximum absolute atomic E-state index is 13.7. The minimum Gasteiger partial charge on any atom is -0.374 e. The molecule has 1 spiro atoms. The molecule has 3 N–H and O–H groups in total. The SMILES string of the molecule is CC1C=CC(Sc2ccc3nc(N4CCC5(CC4)Cc4ccncc4[C@H]5N)c4cnc2n34)=C(C(F)(F)F)N1. The molecule has 0 aromatic carbocycles. The van der Waals surface area contributed by atoms with Gasteiger partial charge in [-0.15, -0.1) is 0 Å². The highest BCUT2D eigenvalue weighted by molar-refractivity contribution is 8.03. The molecule has 0 saturated carbocycles. The summed E-state index contributed by atoms with van der Waals surface area (Å²) in [4.78, 5) is 16.9. The van der Waals surface area contributed by atoms with Crippen LogP contribution in [-0.4, -0.2) is 44.7 Å². The molecular weight excluding hydrogens is 511 g/mol. The fourth-order valence-electron chi connectivity index (χ4n) is 6.21. The number of nitrogens with two attached hydrogens (primary N) is 1.